The second-order valence-corrected chi connectivity index (χ2v) is 7.93. The van der Waals surface area contributed by atoms with Crippen molar-refractivity contribution in [2.24, 2.45) is 0 Å². The lowest BCUT2D eigenvalue weighted by atomic mass is 10.1. The average Bonchev–Trinajstić information content (AvgIpc) is 2.63. The van der Waals surface area contributed by atoms with Crippen molar-refractivity contribution in [2.45, 2.75) is 129 Å². The Kier molecular flexibility index (Phi) is 20.0. The second kappa shape index (κ2) is 20.6. The maximum Gasteiger partial charge on any atom is 0.407 e. The predicted molar refractivity (Wildman–Crippen MR) is 114 cm³/mol. The molecular weight excluding hydrogens is 322 g/mol. The van der Waals surface area contributed by atoms with Crippen LogP contribution < -0.4 is 0 Å². The lowest BCUT2D eigenvalue weighted by molar-refractivity contribution is 0.143. The predicted octanol–water partition coefficient (Wildman–Crippen LogP) is 8.03. The molecule has 0 atom stereocenters. The van der Waals surface area contributed by atoms with Crippen LogP contribution in [0.25, 0.3) is 0 Å². The van der Waals surface area contributed by atoms with Crippen molar-refractivity contribution < 1.29 is 9.90 Å². The Labute approximate surface area is 163 Å². The van der Waals surface area contributed by atoms with Gasteiger partial charge >= 0.3 is 6.09 Å². The van der Waals surface area contributed by atoms with Crippen LogP contribution in [0.3, 0.4) is 0 Å². The number of hydrogen-bond donors (Lipinski definition) is 1. The molecule has 156 valence electrons. The molecule has 0 saturated carbocycles. The Balaban J connectivity index is 3.47. The minimum atomic E-state index is -0.732. The van der Waals surface area contributed by atoms with Crippen molar-refractivity contribution in [2.75, 3.05) is 13.1 Å². The molecule has 0 unspecified atom stereocenters. The van der Waals surface area contributed by atoms with Crippen molar-refractivity contribution in [1.82, 2.24) is 4.90 Å². The van der Waals surface area contributed by atoms with Gasteiger partial charge in [-0.2, -0.15) is 0 Å². The number of nitrogens with zero attached hydrogens (tertiary/aromatic N) is 1. The van der Waals surface area contributed by atoms with Crippen molar-refractivity contribution in [3.63, 3.8) is 0 Å². The minimum Gasteiger partial charge on any atom is -0.465 e. The number of hydrogen-bond acceptors (Lipinski definition) is 1. The van der Waals surface area contributed by atoms with Gasteiger partial charge in [-0.15, -0.1) is 0 Å². The molecule has 0 aliphatic rings. The maximum absolute atomic E-state index is 11.4. The molecule has 0 bridgehead atoms. The molecule has 0 aliphatic carbocycles. The normalized spacial score (nSPS) is 11.0. The van der Waals surface area contributed by atoms with Crippen LogP contribution in [0.5, 0.6) is 0 Å². The Morgan fingerprint density at radius 2 is 0.808 bits per heavy atom. The summed E-state index contributed by atoms with van der Waals surface area (Å²) in [4.78, 5) is 13.0. The topological polar surface area (TPSA) is 40.5 Å². The lowest BCUT2D eigenvalue weighted by Gasteiger charge is -2.19. The van der Waals surface area contributed by atoms with Crippen LogP contribution in [0.2, 0.25) is 0 Å². The molecule has 0 aromatic carbocycles. The van der Waals surface area contributed by atoms with Crippen LogP contribution in [-0.4, -0.2) is 29.2 Å². The summed E-state index contributed by atoms with van der Waals surface area (Å²) in [6.45, 7) is 5.95. The molecule has 1 amide bonds. The highest BCUT2D eigenvalue weighted by Crippen LogP contribution is 2.12. The fourth-order valence-corrected chi connectivity index (χ4v) is 3.53. The first-order valence-electron chi connectivity index (χ1n) is 11.7. The van der Waals surface area contributed by atoms with E-state index >= 15 is 0 Å². The van der Waals surface area contributed by atoms with Gasteiger partial charge in [0.25, 0.3) is 0 Å². The highest BCUT2D eigenvalue weighted by Gasteiger charge is 2.10. The molecule has 0 aromatic heterocycles. The zero-order valence-corrected chi connectivity index (χ0v) is 17.9. The van der Waals surface area contributed by atoms with Crippen LogP contribution in [0.1, 0.15) is 129 Å². The van der Waals surface area contributed by atoms with Gasteiger partial charge < -0.3 is 10.0 Å². The number of rotatable bonds is 20. The molecule has 0 radical (unpaired) electrons. The maximum atomic E-state index is 11.4. The molecule has 3 nitrogen and oxygen atoms in total. The van der Waals surface area contributed by atoms with Crippen LogP contribution >= 0.6 is 0 Å². The van der Waals surface area contributed by atoms with Crippen molar-refractivity contribution >= 4 is 6.09 Å². The van der Waals surface area contributed by atoms with Gasteiger partial charge in [0.1, 0.15) is 0 Å². The number of unbranched alkanes of at least 4 members (excludes halogenated alkanes) is 16. The standard InChI is InChI=1S/C23H47NO2/c1-3-5-7-9-11-13-15-17-19-21-24(23(25)26)22-20-18-16-14-12-10-8-6-4-2/h3-22H2,1-2H3,(H,25,26). The average molecular weight is 370 g/mol. The summed E-state index contributed by atoms with van der Waals surface area (Å²) in [5, 5.41) is 9.35. The number of carbonyl (C=O) groups is 1. The van der Waals surface area contributed by atoms with E-state index in [0.717, 1.165) is 25.9 Å². The van der Waals surface area contributed by atoms with Gasteiger partial charge in [0.05, 0.1) is 0 Å². The van der Waals surface area contributed by atoms with E-state index in [2.05, 4.69) is 13.8 Å². The molecule has 0 spiro atoms. The van der Waals surface area contributed by atoms with E-state index in [4.69, 9.17) is 0 Å². The SMILES string of the molecule is CCCCCCCCCCCN(CCCCCCCCCCC)C(=O)O. The number of carboxylic acid groups (broad SMARTS) is 1. The molecule has 26 heavy (non-hydrogen) atoms. The van der Waals surface area contributed by atoms with Crippen LogP contribution in [0.4, 0.5) is 4.79 Å². The van der Waals surface area contributed by atoms with E-state index in [0.29, 0.717) is 0 Å². The van der Waals surface area contributed by atoms with Gasteiger partial charge in [0.15, 0.2) is 0 Å². The molecule has 1 N–H and O–H groups in total. The van der Waals surface area contributed by atoms with Crippen LogP contribution in [0, 0.1) is 0 Å². The summed E-state index contributed by atoms with van der Waals surface area (Å²) in [6.07, 6.45) is 22.4. The van der Waals surface area contributed by atoms with E-state index in [1.165, 1.54) is 103 Å². The van der Waals surface area contributed by atoms with E-state index in [1.807, 2.05) is 0 Å². The van der Waals surface area contributed by atoms with Gasteiger partial charge in [-0.3, -0.25) is 0 Å². The van der Waals surface area contributed by atoms with Gasteiger partial charge in [-0.05, 0) is 12.8 Å². The zero-order chi connectivity index (χ0) is 19.3. The Morgan fingerprint density at radius 3 is 1.08 bits per heavy atom. The summed E-state index contributed by atoms with van der Waals surface area (Å²) < 4.78 is 0. The molecule has 0 rings (SSSR count). The highest BCUT2D eigenvalue weighted by atomic mass is 16.4. The summed E-state index contributed by atoms with van der Waals surface area (Å²) in [5.74, 6) is 0. The quantitative estimate of drug-likeness (QED) is 0.221. The minimum absolute atomic E-state index is 0.724. The first-order chi connectivity index (χ1) is 12.7. The largest absolute Gasteiger partial charge is 0.465 e. The van der Waals surface area contributed by atoms with Gasteiger partial charge in [0.2, 0.25) is 0 Å². The Hall–Kier alpha value is -0.730. The number of amides is 1. The van der Waals surface area contributed by atoms with Gasteiger partial charge in [-0.25, -0.2) is 4.79 Å². The first kappa shape index (κ1) is 25.3. The molecule has 0 aliphatic heterocycles. The van der Waals surface area contributed by atoms with Gasteiger partial charge in [0, 0.05) is 13.1 Å². The fraction of sp³-hybridized carbons (Fsp3) is 0.957. The first-order valence-corrected chi connectivity index (χ1v) is 11.7. The summed E-state index contributed by atoms with van der Waals surface area (Å²) in [7, 11) is 0. The third-order valence-corrected chi connectivity index (χ3v) is 5.33. The Bertz CT molecular complexity index is 272. The third-order valence-electron chi connectivity index (χ3n) is 5.33. The van der Waals surface area contributed by atoms with Crippen LogP contribution in [-0.2, 0) is 0 Å². The highest BCUT2D eigenvalue weighted by molar-refractivity contribution is 5.64. The lowest BCUT2D eigenvalue weighted by Crippen LogP contribution is -2.31. The van der Waals surface area contributed by atoms with Crippen molar-refractivity contribution in [1.29, 1.82) is 0 Å². The molecule has 0 heterocycles. The summed E-state index contributed by atoms with van der Waals surface area (Å²) in [6, 6.07) is 0. The molecular formula is C23H47NO2. The van der Waals surface area contributed by atoms with E-state index in [1.54, 1.807) is 4.90 Å². The third kappa shape index (κ3) is 18.1. The van der Waals surface area contributed by atoms with Crippen LogP contribution in [0.15, 0.2) is 0 Å². The van der Waals surface area contributed by atoms with Gasteiger partial charge in [-0.1, -0.05) is 117 Å². The smallest absolute Gasteiger partial charge is 0.407 e. The fourth-order valence-electron chi connectivity index (χ4n) is 3.53. The van der Waals surface area contributed by atoms with Crippen molar-refractivity contribution in [3.05, 3.63) is 0 Å². The summed E-state index contributed by atoms with van der Waals surface area (Å²) >= 11 is 0. The van der Waals surface area contributed by atoms with E-state index in [-0.39, 0.29) is 0 Å². The molecule has 0 fully saturated rings. The molecule has 0 aromatic rings. The second-order valence-electron chi connectivity index (χ2n) is 7.93. The Morgan fingerprint density at radius 1 is 0.538 bits per heavy atom. The zero-order valence-electron chi connectivity index (χ0n) is 17.9. The van der Waals surface area contributed by atoms with Crippen molar-refractivity contribution in [3.8, 4) is 0 Å². The van der Waals surface area contributed by atoms with E-state index in [9.17, 15) is 9.90 Å². The monoisotopic (exact) mass is 369 g/mol. The molecule has 0 saturated heterocycles. The molecule has 3 heteroatoms. The van der Waals surface area contributed by atoms with E-state index < -0.39 is 6.09 Å². The summed E-state index contributed by atoms with van der Waals surface area (Å²) in [5.41, 5.74) is 0.